The zero-order valence-corrected chi connectivity index (χ0v) is 13.0. The van der Waals surface area contributed by atoms with Gasteiger partial charge < -0.3 is 14.9 Å². The first kappa shape index (κ1) is 16.6. The van der Waals surface area contributed by atoms with Crippen LogP contribution in [0.2, 0.25) is 0 Å². The molecule has 108 valence electrons. The van der Waals surface area contributed by atoms with Crippen molar-refractivity contribution in [3.05, 3.63) is 34.3 Å². The molecule has 2 N–H and O–H groups in total. The van der Waals surface area contributed by atoms with Crippen LogP contribution in [0.5, 0.6) is 0 Å². The first-order valence-electron chi connectivity index (χ1n) is 6.74. The molecule has 0 unspecified atom stereocenters. The van der Waals surface area contributed by atoms with Gasteiger partial charge in [0.05, 0.1) is 13.2 Å². The second-order valence-corrected chi connectivity index (χ2v) is 5.74. The molecule has 0 aliphatic heterocycles. The molecule has 3 nitrogen and oxygen atoms in total. The van der Waals surface area contributed by atoms with Crippen LogP contribution in [0.3, 0.4) is 0 Å². The first-order chi connectivity index (χ1) is 9.18. The van der Waals surface area contributed by atoms with Crippen molar-refractivity contribution in [1.29, 1.82) is 0 Å². The van der Waals surface area contributed by atoms with E-state index in [2.05, 4.69) is 22.9 Å². The Morgan fingerprint density at radius 2 is 1.74 bits per heavy atom. The Balaban J connectivity index is 2.65. The average molecular weight is 331 g/mol. The van der Waals surface area contributed by atoms with E-state index in [1.165, 1.54) is 0 Å². The molecule has 0 atom stereocenters. The zero-order valence-electron chi connectivity index (χ0n) is 11.4. The van der Waals surface area contributed by atoms with Gasteiger partial charge in [-0.3, -0.25) is 0 Å². The summed E-state index contributed by atoms with van der Waals surface area (Å²) in [7, 11) is 0. The van der Waals surface area contributed by atoms with E-state index in [1.54, 1.807) is 0 Å². The summed E-state index contributed by atoms with van der Waals surface area (Å²) < 4.78 is 6.53. The van der Waals surface area contributed by atoms with Gasteiger partial charge in [-0.25, -0.2) is 0 Å². The highest BCUT2D eigenvalue weighted by Gasteiger charge is 2.30. The second-order valence-electron chi connectivity index (χ2n) is 4.82. The van der Waals surface area contributed by atoms with Crippen LogP contribution in [-0.4, -0.2) is 36.6 Å². The van der Waals surface area contributed by atoms with Crippen molar-refractivity contribution in [3.63, 3.8) is 0 Å². The summed E-state index contributed by atoms with van der Waals surface area (Å²) in [5, 5.41) is 19.3. The Morgan fingerprint density at radius 1 is 1.11 bits per heavy atom. The van der Waals surface area contributed by atoms with Gasteiger partial charge >= 0.3 is 0 Å². The number of benzene rings is 1. The monoisotopic (exact) mass is 330 g/mol. The summed E-state index contributed by atoms with van der Waals surface area (Å²) in [5.41, 5.74) is 0.326. The van der Waals surface area contributed by atoms with Crippen molar-refractivity contribution in [3.8, 4) is 0 Å². The average Bonchev–Trinajstić information content (AvgIpc) is 2.45. The SMILES string of the molecule is CCCCOCCC(CO)(CO)c1ccc(Br)cc1. The van der Waals surface area contributed by atoms with E-state index in [9.17, 15) is 10.2 Å². The second kappa shape index (κ2) is 8.69. The van der Waals surface area contributed by atoms with Gasteiger partial charge in [-0.05, 0) is 30.5 Å². The summed E-state index contributed by atoms with van der Waals surface area (Å²) in [6.07, 6.45) is 2.77. The fourth-order valence-corrected chi connectivity index (χ4v) is 2.22. The van der Waals surface area contributed by atoms with Crippen LogP contribution >= 0.6 is 15.9 Å². The first-order valence-corrected chi connectivity index (χ1v) is 7.53. The summed E-state index contributed by atoms with van der Waals surface area (Å²) in [6.45, 7) is 3.25. The smallest absolute Gasteiger partial charge is 0.0550 e. The lowest BCUT2D eigenvalue weighted by molar-refractivity contribution is 0.0616. The third-order valence-corrected chi connectivity index (χ3v) is 3.96. The lowest BCUT2D eigenvalue weighted by Gasteiger charge is -2.30. The molecule has 0 saturated heterocycles. The molecule has 0 spiro atoms. The molecule has 0 amide bonds. The van der Waals surface area contributed by atoms with E-state index in [4.69, 9.17) is 4.74 Å². The molecule has 0 fully saturated rings. The van der Waals surface area contributed by atoms with E-state index in [0.29, 0.717) is 13.0 Å². The number of rotatable bonds is 9. The minimum Gasteiger partial charge on any atom is -0.395 e. The van der Waals surface area contributed by atoms with Gasteiger partial charge in [-0.15, -0.1) is 0 Å². The predicted octanol–water partition coefficient (Wildman–Crippen LogP) is 2.88. The fourth-order valence-electron chi connectivity index (χ4n) is 1.95. The number of halogens is 1. The zero-order chi connectivity index (χ0) is 14.1. The van der Waals surface area contributed by atoms with E-state index >= 15 is 0 Å². The van der Waals surface area contributed by atoms with Gasteiger partial charge in [-0.2, -0.15) is 0 Å². The molecule has 4 heteroatoms. The molecule has 0 aliphatic carbocycles. The highest BCUT2D eigenvalue weighted by molar-refractivity contribution is 9.10. The molecule has 1 aromatic carbocycles. The highest BCUT2D eigenvalue weighted by atomic mass is 79.9. The van der Waals surface area contributed by atoms with Crippen molar-refractivity contribution in [2.75, 3.05) is 26.4 Å². The van der Waals surface area contributed by atoms with Gasteiger partial charge in [0.2, 0.25) is 0 Å². The minimum absolute atomic E-state index is 0.0811. The Bertz CT molecular complexity index is 347. The molecule has 19 heavy (non-hydrogen) atoms. The van der Waals surface area contributed by atoms with E-state index < -0.39 is 5.41 Å². The molecule has 1 rings (SSSR count). The molecule has 1 aromatic rings. The molecular formula is C15H23BrO3. The van der Waals surface area contributed by atoms with Gasteiger partial charge in [0.1, 0.15) is 0 Å². The van der Waals surface area contributed by atoms with E-state index in [0.717, 1.165) is 29.5 Å². The van der Waals surface area contributed by atoms with Gasteiger partial charge in [-0.1, -0.05) is 41.4 Å². The summed E-state index contributed by atoms with van der Waals surface area (Å²) in [5.74, 6) is 0. The normalized spacial score (nSPS) is 11.8. The number of aliphatic hydroxyl groups excluding tert-OH is 2. The van der Waals surface area contributed by atoms with Crippen molar-refractivity contribution in [1.82, 2.24) is 0 Å². The maximum absolute atomic E-state index is 9.67. The molecular weight excluding hydrogens is 308 g/mol. The molecule has 0 aromatic heterocycles. The molecule has 0 aliphatic rings. The summed E-state index contributed by atoms with van der Waals surface area (Å²) >= 11 is 3.39. The van der Waals surface area contributed by atoms with Crippen molar-refractivity contribution < 1.29 is 14.9 Å². The van der Waals surface area contributed by atoms with Crippen molar-refractivity contribution in [2.45, 2.75) is 31.6 Å². The van der Waals surface area contributed by atoms with Crippen molar-refractivity contribution in [2.24, 2.45) is 0 Å². The van der Waals surface area contributed by atoms with Crippen LogP contribution in [0.1, 0.15) is 31.7 Å². The Labute approximate surface area is 123 Å². The molecule has 0 radical (unpaired) electrons. The largest absolute Gasteiger partial charge is 0.395 e. The van der Waals surface area contributed by atoms with Crippen LogP contribution in [0.15, 0.2) is 28.7 Å². The van der Waals surface area contributed by atoms with Crippen LogP contribution in [-0.2, 0) is 10.2 Å². The van der Waals surface area contributed by atoms with Crippen LogP contribution in [0, 0.1) is 0 Å². The standard InChI is InChI=1S/C15H23BrO3/c1-2-3-9-19-10-8-15(11-17,12-18)13-4-6-14(16)7-5-13/h4-7,17-18H,2-3,8-12H2,1H3. The number of ether oxygens (including phenoxy) is 1. The van der Waals surface area contributed by atoms with Crippen molar-refractivity contribution >= 4 is 15.9 Å². The lowest BCUT2D eigenvalue weighted by Crippen LogP contribution is -2.36. The topological polar surface area (TPSA) is 49.7 Å². The Morgan fingerprint density at radius 3 is 2.26 bits per heavy atom. The van der Waals surface area contributed by atoms with Gasteiger partial charge in [0.25, 0.3) is 0 Å². The molecule has 0 heterocycles. The lowest BCUT2D eigenvalue weighted by atomic mass is 9.79. The Kier molecular flexibility index (Phi) is 7.61. The predicted molar refractivity (Wildman–Crippen MR) is 80.3 cm³/mol. The van der Waals surface area contributed by atoms with Crippen LogP contribution in [0.4, 0.5) is 0 Å². The van der Waals surface area contributed by atoms with E-state index in [1.807, 2.05) is 24.3 Å². The maximum atomic E-state index is 9.67. The van der Waals surface area contributed by atoms with Crippen LogP contribution < -0.4 is 0 Å². The number of hydrogen-bond donors (Lipinski definition) is 2. The third kappa shape index (κ3) is 4.88. The maximum Gasteiger partial charge on any atom is 0.0550 e. The highest BCUT2D eigenvalue weighted by Crippen LogP contribution is 2.28. The van der Waals surface area contributed by atoms with Gasteiger partial charge in [0.15, 0.2) is 0 Å². The quantitative estimate of drug-likeness (QED) is 0.684. The summed E-state index contributed by atoms with van der Waals surface area (Å²) in [4.78, 5) is 0. The number of unbranched alkanes of at least 4 members (excludes halogenated alkanes) is 1. The van der Waals surface area contributed by atoms with E-state index in [-0.39, 0.29) is 13.2 Å². The number of aliphatic hydroxyl groups is 2. The van der Waals surface area contributed by atoms with Gasteiger partial charge in [0, 0.05) is 23.1 Å². The third-order valence-electron chi connectivity index (χ3n) is 3.43. The molecule has 0 saturated carbocycles. The fraction of sp³-hybridized carbons (Fsp3) is 0.600. The van der Waals surface area contributed by atoms with Crippen LogP contribution in [0.25, 0.3) is 0 Å². The number of hydrogen-bond acceptors (Lipinski definition) is 3. The molecule has 0 bridgehead atoms. The summed E-state index contributed by atoms with van der Waals surface area (Å²) in [6, 6.07) is 7.71. The minimum atomic E-state index is -0.618. The Hall–Kier alpha value is -0.420.